The van der Waals surface area contributed by atoms with Crippen LogP contribution in [0.15, 0.2) is 437 Å². The van der Waals surface area contributed by atoms with Crippen molar-refractivity contribution < 1.29 is 9.31 Å². The van der Waals surface area contributed by atoms with Crippen molar-refractivity contribution in [3.8, 4) is 78.8 Å². The summed E-state index contributed by atoms with van der Waals surface area (Å²) in [6.45, 7) is 8.48. The fourth-order valence-electron chi connectivity index (χ4n) is 20.5. The molecular weight excluding hydrogens is 1520 g/mol. The van der Waals surface area contributed by atoms with Crippen LogP contribution in [0.3, 0.4) is 0 Å². The highest BCUT2D eigenvalue weighted by molar-refractivity contribution is 6.62. The molecule has 2 aromatic heterocycles. The Bertz CT molecular complexity index is 6850. The van der Waals surface area contributed by atoms with Crippen molar-refractivity contribution in [2.75, 3.05) is 0 Å². The molecule has 6 nitrogen and oxygen atoms in total. The van der Waals surface area contributed by atoms with Crippen LogP contribution in [-0.4, -0.2) is 38.3 Å². The van der Waals surface area contributed by atoms with Crippen molar-refractivity contribution in [3.05, 3.63) is 538 Å². The molecule has 590 valence electrons. The van der Waals surface area contributed by atoms with Crippen LogP contribution in [0, 0.1) is 7.43 Å². The maximum Gasteiger partial charge on any atom is 0.494 e. The van der Waals surface area contributed by atoms with E-state index >= 15 is 0 Å². The van der Waals surface area contributed by atoms with Crippen LogP contribution in [0.2, 0.25) is 5.15 Å². The van der Waals surface area contributed by atoms with E-state index in [0.29, 0.717) is 16.8 Å². The second-order valence-electron chi connectivity index (χ2n) is 33.2. The van der Waals surface area contributed by atoms with Gasteiger partial charge in [0.15, 0.2) is 11.6 Å². The zero-order valence-corrected chi connectivity index (χ0v) is 69.9. The topological polar surface area (TPSA) is 70.0 Å². The lowest BCUT2D eigenvalue weighted by Crippen LogP contribution is -2.45. The van der Waals surface area contributed by atoms with Crippen LogP contribution in [0.5, 0.6) is 0 Å². The molecule has 18 aromatic rings. The van der Waals surface area contributed by atoms with Gasteiger partial charge in [-0.15, -0.1) is 0 Å². The van der Waals surface area contributed by atoms with Gasteiger partial charge in [0, 0.05) is 33.9 Å². The van der Waals surface area contributed by atoms with E-state index < -0.39 is 40.0 Å². The Morgan fingerprint density at radius 3 is 0.919 bits per heavy atom. The Morgan fingerprint density at radius 1 is 0.228 bits per heavy atom. The van der Waals surface area contributed by atoms with E-state index in [1.54, 1.807) is 6.07 Å². The molecule has 5 aliphatic rings. The molecule has 0 spiro atoms. The molecule has 4 aliphatic carbocycles. The summed E-state index contributed by atoms with van der Waals surface area (Å²) < 4.78 is 13.2. The minimum Gasteiger partial charge on any atom is -0.399 e. The molecule has 1 aliphatic heterocycles. The molecule has 1 fully saturated rings. The summed E-state index contributed by atoms with van der Waals surface area (Å²) in [4.78, 5) is 19.2. The minimum absolute atomic E-state index is 0. The third-order valence-corrected chi connectivity index (χ3v) is 26.5. The monoisotopic (exact) mass is 1600 g/mol. The first-order valence-electron chi connectivity index (χ1n) is 42.0. The molecular formula is C115H87BClN4O2-. The normalized spacial score (nSPS) is 18.2. The van der Waals surface area contributed by atoms with Crippen LogP contribution in [-0.2, 0) is 31.0 Å². The smallest absolute Gasteiger partial charge is 0.399 e. The van der Waals surface area contributed by atoms with Gasteiger partial charge in [0.05, 0.1) is 49.9 Å². The molecule has 3 heterocycles. The average molecular weight is 1600 g/mol. The number of hydrogen-bond acceptors (Lipinski definition) is 6. The second kappa shape index (κ2) is 31.2. The number of hydrogen-bond donors (Lipinski definition) is 0. The summed E-state index contributed by atoms with van der Waals surface area (Å²) >= 11 is 6.10. The lowest BCUT2D eigenvalue weighted by atomic mass is 9.51. The molecule has 0 amide bonds. The van der Waals surface area contributed by atoms with Crippen molar-refractivity contribution in [3.63, 3.8) is 0 Å². The molecule has 23 rings (SSSR count). The lowest BCUT2D eigenvalue weighted by Gasteiger charge is -2.49. The Balaban J connectivity index is 0.000000129. The zero-order valence-electron chi connectivity index (χ0n) is 69.1. The van der Waals surface area contributed by atoms with Crippen LogP contribution in [0.25, 0.3) is 78.8 Å². The minimum atomic E-state index is -0.642. The molecule has 0 N–H and O–H groups in total. The van der Waals surface area contributed by atoms with E-state index in [0.717, 1.165) is 50.4 Å². The SMILES string of the molecule is CC1(C)OB(c2cccc(C3(c4ccccc4)c4ccccc4C4(c5ccccc5)c5ccccc5-c5cccc3c54)c2)OC1(C)C.Clc1cc(-c2ccccc2)nc(-c2ccccc2)n1.[CH3-].c1ccc(-c2cc(-c3cccc(C4(c5ccccc5)c5ccccc5C5(c6ccccc6)c6ccccc6-c6cccc4c65)c3)nc(-c3ccccc3)n2)cc1. The maximum absolute atomic E-state index is 6.61. The number of rotatable bonds is 12. The van der Waals surface area contributed by atoms with E-state index in [4.69, 9.17) is 30.9 Å². The number of aromatic nitrogens is 4. The zero-order chi connectivity index (χ0) is 82.2. The van der Waals surface area contributed by atoms with E-state index in [2.05, 4.69) is 383 Å². The molecule has 0 bridgehead atoms. The van der Waals surface area contributed by atoms with E-state index in [1.165, 1.54) is 111 Å². The predicted octanol–water partition coefficient (Wildman–Crippen LogP) is 26.5. The summed E-state index contributed by atoms with van der Waals surface area (Å²) in [5, 5.41) is 0.452. The Hall–Kier alpha value is -14.0. The lowest BCUT2D eigenvalue weighted by molar-refractivity contribution is 0.00578. The van der Waals surface area contributed by atoms with E-state index in [9.17, 15) is 0 Å². The standard InChI is InChI=1S/C54H36N2.C44H37BO2.C16H11ClN2.CH3/c1-5-19-37(20-6-1)49-36-50(56-52(55-49)38-21-7-2-8-22-38)39-23-17-28-42(35-39)53(40-24-9-3-10-25-40)46-32-15-16-33-47(46)54(41-26-11-4-12-27-41)45-31-14-13-29-43(45)44-30-18-34-48(53)51(44)54;1-41(2)42(3,4)47-45(46-41)33-22-15-21-32(29-33)43(30-17-7-5-8-18-30)37-26-13-14-27-38(37)44(31-19-9-6-10-20-31)36-25-12-11-23-34(36)35-24-16-28-39(43)40(35)44;17-15-11-14(12-7-3-1-4-8-12)18-16(19-15)13-9-5-2-6-10-13;/h1-36H;5-29H,1-4H3;1-11H;1H3/q;;;-1. The third kappa shape index (κ3) is 12.4. The first-order chi connectivity index (χ1) is 59.9. The largest absolute Gasteiger partial charge is 0.494 e. The maximum atomic E-state index is 6.61. The van der Waals surface area contributed by atoms with Crippen molar-refractivity contribution >= 4 is 24.2 Å². The molecule has 8 heteroatoms. The summed E-state index contributed by atoms with van der Waals surface area (Å²) in [5.41, 5.74) is 31.6. The van der Waals surface area contributed by atoms with Gasteiger partial charge in [0.2, 0.25) is 0 Å². The van der Waals surface area contributed by atoms with Crippen molar-refractivity contribution in [1.29, 1.82) is 0 Å². The predicted molar refractivity (Wildman–Crippen MR) is 503 cm³/mol. The highest BCUT2D eigenvalue weighted by Gasteiger charge is 2.60. The van der Waals surface area contributed by atoms with Crippen molar-refractivity contribution in [1.82, 2.24) is 19.9 Å². The van der Waals surface area contributed by atoms with E-state index in [-0.39, 0.29) is 7.43 Å². The van der Waals surface area contributed by atoms with E-state index in [1.807, 2.05) is 84.9 Å². The van der Waals surface area contributed by atoms with Crippen molar-refractivity contribution in [2.45, 2.75) is 60.6 Å². The average Bonchev–Trinajstić information content (AvgIpc) is 1.54. The molecule has 4 atom stereocenters. The quantitative estimate of drug-likeness (QED) is 0.0690. The Kier molecular flexibility index (Phi) is 19.7. The second-order valence-corrected chi connectivity index (χ2v) is 33.6. The van der Waals surface area contributed by atoms with Crippen molar-refractivity contribution in [2.24, 2.45) is 0 Å². The van der Waals surface area contributed by atoms with Crippen LogP contribution >= 0.6 is 11.6 Å². The van der Waals surface area contributed by atoms with Gasteiger partial charge in [-0.1, -0.05) is 430 Å². The Morgan fingerprint density at radius 2 is 0.504 bits per heavy atom. The molecule has 123 heavy (non-hydrogen) atoms. The highest BCUT2D eigenvalue weighted by Crippen LogP contribution is 2.68. The summed E-state index contributed by atoms with van der Waals surface area (Å²) in [6, 6.07) is 157. The fourth-order valence-corrected chi connectivity index (χ4v) is 20.7. The number of fused-ring (bicyclic) bond motifs is 10. The van der Waals surface area contributed by atoms with Crippen LogP contribution < -0.4 is 5.46 Å². The third-order valence-electron chi connectivity index (χ3n) is 26.3. The van der Waals surface area contributed by atoms with Gasteiger partial charge in [-0.3, -0.25) is 0 Å². The summed E-state index contributed by atoms with van der Waals surface area (Å²) in [7, 11) is -0.458. The first kappa shape index (κ1) is 77.6. The van der Waals surface area contributed by atoms with Gasteiger partial charge in [-0.25, -0.2) is 19.9 Å². The van der Waals surface area contributed by atoms with Crippen LogP contribution in [0.4, 0.5) is 0 Å². The number of benzene rings is 16. The summed E-state index contributed by atoms with van der Waals surface area (Å²) in [5.74, 6) is 1.35. The van der Waals surface area contributed by atoms with Gasteiger partial charge in [0.1, 0.15) is 5.15 Å². The first-order valence-corrected chi connectivity index (χ1v) is 42.4. The number of halogens is 1. The summed E-state index contributed by atoms with van der Waals surface area (Å²) in [6.07, 6.45) is 0. The van der Waals surface area contributed by atoms with Gasteiger partial charge < -0.3 is 16.7 Å². The van der Waals surface area contributed by atoms with Gasteiger partial charge in [-0.05, 0) is 157 Å². The molecule has 4 unspecified atom stereocenters. The molecule has 0 radical (unpaired) electrons. The van der Waals surface area contributed by atoms with Gasteiger partial charge in [0.25, 0.3) is 0 Å². The fraction of sp³-hybridized carbons (Fsp3) is 0.0870. The van der Waals surface area contributed by atoms with Crippen LogP contribution in [0.1, 0.15) is 117 Å². The molecule has 1 saturated heterocycles. The Labute approximate surface area is 726 Å². The molecule has 16 aromatic carbocycles. The molecule has 0 saturated carbocycles. The number of nitrogens with zero attached hydrogens (tertiary/aromatic N) is 4. The van der Waals surface area contributed by atoms with Gasteiger partial charge >= 0.3 is 7.12 Å². The highest BCUT2D eigenvalue weighted by atomic mass is 35.5. The van der Waals surface area contributed by atoms with Gasteiger partial charge in [-0.2, -0.15) is 0 Å².